The Morgan fingerprint density at radius 1 is 0.893 bits per heavy atom. The van der Waals surface area contributed by atoms with E-state index in [1.807, 2.05) is 67.6 Å². The third kappa shape index (κ3) is 4.87. The fourth-order valence-corrected chi connectivity index (χ4v) is 3.80. The van der Waals surface area contributed by atoms with Gasteiger partial charge < -0.3 is 5.32 Å². The molecule has 0 atom stereocenters. The molecule has 0 bridgehead atoms. The lowest BCUT2D eigenvalue weighted by Crippen LogP contribution is -2.17. The highest BCUT2D eigenvalue weighted by molar-refractivity contribution is 7.90. The van der Waals surface area contributed by atoms with Crippen molar-refractivity contribution in [3.63, 3.8) is 0 Å². The molecule has 1 amide bonds. The number of carbonyl (C=O) groups is 1. The lowest BCUT2D eigenvalue weighted by molar-refractivity contribution is -0.116. The van der Waals surface area contributed by atoms with E-state index in [9.17, 15) is 13.2 Å². The molecule has 0 aliphatic rings. The van der Waals surface area contributed by atoms with Gasteiger partial charge in [-0.3, -0.25) is 4.79 Å². The lowest BCUT2D eigenvalue weighted by atomic mass is 9.88. The Morgan fingerprint density at radius 2 is 1.43 bits per heavy atom. The summed E-state index contributed by atoms with van der Waals surface area (Å²) in [5.41, 5.74) is 3.46. The first-order chi connectivity index (χ1) is 13.3. The molecular formula is C23H23NO3S. The molecule has 0 aliphatic carbocycles. The van der Waals surface area contributed by atoms with Crippen molar-refractivity contribution in [2.24, 2.45) is 0 Å². The zero-order valence-electron chi connectivity index (χ0n) is 15.9. The van der Waals surface area contributed by atoms with Crippen molar-refractivity contribution >= 4 is 21.4 Å². The molecule has 0 saturated heterocycles. The number of nitrogens with one attached hydrogen (secondary N) is 1. The second-order valence-electron chi connectivity index (χ2n) is 6.88. The summed E-state index contributed by atoms with van der Waals surface area (Å²) in [5, 5.41) is 2.89. The minimum Gasteiger partial charge on any atom is -0.326 e. The Labute approximate surface area is 166 Å². The number of hydrogen-bond acceptors (Lipinski definition) is 3. The average molecular weight is 394 g/mol. The number of amides is 1. The maximum atomic E-state index is 12.8. The van der Waals surface area contributed by atoms with Crippen molar-refractivity contribution < 1.29 is 13.2 Å². The molecule has 4 nitrogen and oxygen atoms in total. The van der Waals surface area contributed by atoms with Crippen molar-refractivity contribution in [2.45, 2.75) is 24.2 Å². The predicted octanol–water partition coefficient (Wildman–Crippen LogP) is 4.56. The van der Waals surface area contributed by atoms with Crippen molar-refractivity contribution in [3.05, 3.63) is 95.6 Å². The topological polar surface area (TPSA) is 63.2 Å². The van der Waals surface area contributed by atoms with Crippen LogP contribution >= 0.6 is 0 Å². The second kappa shape index (κ2) is 8.40. The quantitative estimate of drug-likeness (QED) is 0.668. The standard InChI is InChI=1S/C23H23NO3S/c1-17-13-14-20(28(2,26)27)15-22(17)24-23(25)16-21(18-9-5-3-6-10-18)19-11-7-4-8-12-19/h3-15,21H,16H2,1-2H3,(H,24,25). The Morgan fingerprint density at radius 3 is 1.93 bits per heavy atom. The third-order valence-electron chi connectivity index (χ3n) is 4.70. The monoisotopic (exact) mass is 393 g/mol. The molecule has 0 saturated carbocycles. The normalized spacial score (nSPS) is 11.4. The molecule has 144 valence electrons. The maximum Gasteiger partial charge on any atom is 0.225 e. The van der Waals surface area contributed by atoms with Gasteiger partial charge in [-0.05, 0) is 35.7 Å². The van der Waals surface area contributed by atoms with Crippen LogP contribution in [-0.2, 0) is 14.6 Å². The molecule has 0 aromatic heterocycles. The van der Waals surface area contributed by atoms with Crippen LogP contribution < -0.4 is 5.32 Å². The Balaban J connectivity index is 1.86. The van der Waals surface area contributed by atoms with Crippen LogP contribution in [-0.4, -0.2) is 20.6 Å². The van der Waals surface area contributed by atoms with Crippen LogP contribution in [0.2, 0.25) is 0 Å². The Kier molecular flexibility index (Phi) is 5.95. The highest BCUT2D eigenvalue weighted by Crippen LogP contribution is 2.29. The van der Waals surface area contributed by atoms with Gasteiger partial charge in [-0.15, -0.1) is 0 Å². The number of aryl methyl sites for hydroxylation is 1. The zero-order valence-corrected chi connectivity index (χ0v) is 16.7. The summed E-state index contributed by atoms with van der Waals surface area (Å²) in [4.78, 5) is 13.0. The molecule has 28 heavy (non-hydrogen) atoms. The summed E-state index contributed by atoms with van der Waals surface area (Å²) in [6.45, 7) is 1.84. The van der Waals surface area contributed by atoms with Crippen LogP contribution in [0.4, 0.5) is 5.69 Å². The van der Waals surface area contributed by atoms with Crippen molar-refractivity contribution in [1.82, 2.24) is 0 Å². The fourth-order valence-electron chi connectivity index (χ4n) is 3.15. The van der Waals surface area contributed by atoms with Gasteiger partial charge in [0.2, 0.25) is 5.91 Å². The predicted molar refractivity (Wildman–Crippen MR) is 112 cm³/mol. The summed E-state index contributed by atoms with van der Waals surface area (Å²) < 4.78 is 23.6. The highest BCUT2D eigenvalue weighted by Gasteiger charge is 2.19. The molecular weight excluding hydrogens is 370 g/mol. The van der Waals surface area contributed by atoms with Gasteiger partial charge in [-0.2, -0.15) is 0 Å². The van der Waals surface area contributed by atoms with Gasteiger partial charge in [0.25, 0.3) is 0 Å². The minimum absolute atomic E-state index is 0.0826. The second-order valence-corrected chi connectivity index (χ2v) is 8.89. The average Bonchev–Trinajstić information content (AvgIpc) is 2.68. The van der Waals surface area contributed by atoms with Crippen LogP contribution in [0.1, 0.15) is 29.0 Å². The molecule has 0 unspecified atom stereocenters. The summed E-state index contributed by atoms with van der Waals surface area (Å²) >= 11 is 0. The molecule has 0 spiro atoms. The van der Waals surface area contributed by atoms with Crippen LogP contribution in [0.3, 0.4) is 0 Å². The van der Waals surface area contributed by atoms with E-state index >= 15 is 0 Å². The molecule has 3 aromatic rings. The summed E-state index contributed by atoms with van der Waals surface area (Å²) in [6.07, 6.45) is 1.42. The largest absolute Gasteiger partial charge is 0.326 e. The van der Waals surface area contributed by atoms with E-state index in [0.29, 0.717) is 5.69 Å². The highest BCUT2D eigenvalue weighted by atomic mass is 32.2. The number of benzene rings is 3. The van der Waals surface area contributed by atoms with Gasteiger partial charge in [0.1, 0.15) is 0 Å². The van der Waals surface area contributed by atoms with Gasteiger partial charge >= 0.3 is 0 Å². The minimum atomic E-state index is -3.34. The summed E-state index contributed by atoms with van der Waals surface area (Å²) in [6, 6.07) is 24.6. The van der Waals surface area contributed by atoms with Crippen LogP contribution in [0.25, 0.3) is 0 Å². The SMILES string of the molecule is Cc1ccc(S(C)(=O)=O)cc1NC(=O)CC(c1ccccc1)c1ccccc1. The number of hydrogen-bond donors (Lipinski definition) is 1. The summed E-state index contributed by atoms with van der Waals surface area (Å²) in [7, 11) is -3.34. The third-order valence-corrected chi connectivity index (χ3v) is 5.81. The van der Waals surface area contributed by atoms with Crippen molar-refractivity contribution in [2.75, 3.05) is 11.6 Å². The number of sulfone groups is 1. The van der Waals surface area contributed by atoms with E-state index in [-0.39, 0.29) is 23.1 Å². The molecule has 3 aromatic carbocycles. The molecule has 0 radical (unpaired) electrons. The van der Waals surface area contributed by atoms with Crippen molar-refractivity contribution in [1.29, 1.82) is 0 Å². The summed E-state index contributed by atoms with van der Waals surface area (Å²) in [5.74, 6) is -0.243. The van der Waals surface area contributed by atoms with E-state index in [1.54, 1.807) is 12.1 Å². The smallest absolute Gasteiger partial charge is 0.225 e. The first-order valence-corrected chi connectivity index (χ1v) is 10.9. The van der Waals surface area contributed by atoms with E-state index < -0.39 is 9.84 Å². The molecule has 0 aliphatic heterocycles. The van der Waals surface area contributed by atoms with E-state index in [2.05, 4.69) is 5.32 Å². The Hall–Kier alpha value is -2.92. The zero-order chi connectivity index (χ0) is 20.1. The molecule has 5 heteroatoms. The van der Waals surface area contributed by atoms with Crippen LogP contribution in [0.15, 0.2) is 83.8 Å². The van der Waals surface area contributed by atoms with Gasteiger partial charge in [0.15, 0.2) is 9.84 Å². The first-order valence-electron chi connectivity index (χ1n) is 9.05. The maximum absolute atomic E-state index is 12.8. The number of anilines is 1. The van der Waals surface area contributed by atoms with Gasteiger partial charge in [-0.25, -0.2) is 8.42 Å². The van der Waals surface area contributed by atoms with E-state index in [1.165, 1.54) is 6.07 Å². The van der Waals surface area contributed by atoms with Gasteiger partial charge in [0, 0.05) is 24.3 Å². The molecule has 1 N–H and O–H groups in total. The van der Waals surface area contributed by atoms with Crippen LogP contribution in [0, 0.1) is 6.92 Å². The fraction of sp³-hybridized carbons (Fsp3) is 0.174. The Bertz CT molecular complexity index is 1020. The van der Waals surface area contributed by atoms with Gasteiger partial charge in [0.05, 0.1) is 4.90 Å². The number of carbonyl (C=O) groups excluding carboxylic acids is 1. The van der Waals surface area contributed by atoms with Crippen LogP contribution in [0.5, 0.6) is 0 Å². The van der Waals surface area contributed by atoms with Crippen molar-refractivity contribution in [3.8, 4) is 0 Å². The lowest BCUT2D eigenvalue weighted by Gasteiger charge is -2.18. The van der Waals surface area contributed by atoms with E-state index in [4.69, 9.17) is 0 Å². The van der Waals surface area contributed by atoms with E-state index in [0.717, 1.165) is 22.9 Å². The first kappa shape index (κ1) is 19.8. The number of rotatable bonds is 6. The van der Waals surface area contributed by atoms with Gasteiger partial charge in [-0.1, -0.05) is 66.7 Å². The molecule has 0 fully saturated rings. The molecule has 0 heterocycles. The molecule has 3 rings (SSSR count).